The molecular formula is C21H24O9. The lowest BCUT2D eigenvalue weighted by Crippen LogP contribution is -2.60. The van der Waals surface area contributed by atoms with E-state index in [0.717, 1.165) is 0 Å². The first-order valence-electron chi connectivity index (χ1n) is 9.18. The van der Waals surface area contributed by atoms with Crippen LogP contribution in [0.3, 0.4) is 0 Å². The van der Waals surface area contributed by atoms with Crippen LogP contribution in [-0.4, -0.2) is 75.1 Å². The summed E-state index contributed by atoms with van der Waals surface area (Å²) in [6.07, 6.45) is -3.68. The standard InChI is InChI=1S/C21H24O9/c1-28-15-5-4-11(2-3-12-6-13(23)9-14(24)7-12)8-16(15)29-21-20(27)19(26)18(25)17(10-22)30-21/h2-9,17-27H,10H2,1H3/b3-2-/t17-,18-,19+,20-,21-/m1/s1. The van der Waals surface area contributed by atoms with Gasteiger partial charge in [0.15, 0.2) is 11.5 Å². The van der Waals surface area contributed by atoms with E-state index in [1.165, 1.54) is 25.3 Å². The van der Waals surface area contributed by atoms with Crippen LogP contribution in [0.2, 0.25) is 0 Å². The smallest absolute Gasteiger partial charge is 0.229 e. The van der Waals surface area contributed by atoms with Crippen LogP contribution >= 0.6 is 0 Å². The van der Waals surface area contributed by atoms with Crippen molar-refractivity contribution < 1.29 is 44.8 Å². The maximum atomic E-state index is 10.2. The Bertz CT molecular complexity index is 876. The van der Waals surface area contributed by atoms with Gasteiger partial charge in [-0.3, -0.25) is 0 Å². The summed E-state index contributed by atoms with van der Waals surface area (Å²) < 4.78 is 16.3. The number of aromatic hydroxyl groups is 2. The summed E-state index contributed by atoms with van der Waals surface area (Å²) >= 11 is 0. The summed E-state index contributed by atoms with van der Waals surface area (Å²) in [6, 6.07) is 9.13. The maximum absolute atomic E-state index is 10.2. The molecule has 0 aliphatic carbocycles. The minimum Gasteiger partial charge on any atom is -0.508 e. The molecule has 0 radical (unpaired) electrons. The Morgan fingerprint density at radius 1 is 0.867 bits per heavy atom. The van der Waals surface area contributed by atoms with Gasteiger partial charge in [-0.25, -0.2) is 0 Å². The summed E-state index contributed by atoms with van der Waals surface area (Å²) in [5, 5.41) is 58.4. The van der Waals surface area contributed by atoms with Gasteiger partial charge in [-0.05, 0) is 35.4 Å². The molecule has 1 fully saturated rings. The highest BCUT2D eigenvalue weighted by atomic mass is 16.7. The first-order valence-corrected chi connectivity index (χ1v) is 9.18. The molecule has 1 aliphatic rings. The average Bonchev–Trinajstić information content (AvgIpc) is 2.72. The lowest BCUT2D eigenvalue weighted by Gasteiger charge is -2.39. The van der Waals surface area contributed by atoms with Gasteiger partial charge >= 0.3 is 0 Å². The molecular weight excluding hydrogens is 396 g/mol. The van der Waals surface area contributed by atoms with E-state index < -0.39 is 37.3 Å². The number of phenols is 2. The van der Waals surface area contributed by atoms with Gasteiger partial charge in [-0.15, -0.1) is 0 Å². The van der Waals surface area contributed by atoms with E-state index in [1.54, 1.807) is 30.4 Å². The van der Waals surface area contributed by atoms with Crippen molar-refractivity contribution in [3.8, 4) is 23.0 Å². The molecule has 1 saturated heterocycles. The minimum atomic E-state index is -1.56. The van der Waals surface area contributed by atoms with E-state index in [0.29, 0.717) is 16.9 Å². The Morgan fingerprint density at radius 2 is 1.53 bits per heavy atom. The van der Waals surface area contributed by atoms with Crippen molar-refractivity contribution in [3.63, 3.8) is 0 Å². The van der Waals surface area contributed by atoms with Crippen LogP contribution in [0.15, 0.2) is 36.4 Å². The zero-order valence-electron chi connectivity index (χ0n) is 16.1. The Kier molecular flexibility index (Phi) is 6.80. The quantitative estimate of drug-likeness (QED) is 0.366. The van der Waals surface area contributed by atoms with Gasteiger partial charge < -0.3 is 44.8 Å². The van der Waals surface area contributed by atoms with Gasteiger partial charge in [0, 0.05) is 6.07 Å². The molecule has 1 heterocycles. The number of benzene rings is 2. The van der Waals surface area contributed by atoms with Gasteiger partial charge in [0.05, 0.1) is 13.7 Å². The zero-order chi connectivity index (χ0) is 21.8. The third-order valence-corrected chi connectivity index (χ3v) is 4.67. The third-order valence-electron chi connectivity index (χ3n) is 4.67. The summed E-state index contributed by atoms with van der Waals surface area (Å²) in [5.41, 5.74) is 1.23. The highest BCUT2D eigenvalue weighted by Gasteiger charge is 2.44. The highest BCUT2D eigenvalue weighted by molar-refractivity contribution is 5.72. The van der Waals surface area contributed by atoms with Crippen molar-refractivity contribution >= 4 is 12.2 Å². The summed E-state index contributed by atoms with van der Waals surface area (Å²) in [5.74, 6) is 0.383. The molecule has 1 aliphatic heterocycles. The van der Waals surface area contributed by atoms with Crippen LogP contribution in [0.1, 0.15) is 11.1 Å². The van der Waals surface area contributed by atoms with Crippen molar-refractivity contribution in [1.82, 2.24) is 0 Å². The minimum absolute atomic E-state index is 0.0731. The van der Waals surface area contributed by atoms with Crippen LogP contribution in [0.25, 0.3) is 12.2 Å². The molecule has 9 heteroatoms. The highest BCUT2D eigenvalue weighted by Crippen LogP contribution is 2.33. The van der Waals surface area contributed by atoms with Crippen molar-refractivity contribution in [2.45, 2.75) is 30.7 Å². The fraction of sp³-hybridized carbons (Fsp3) is 0.333. The number of rotatable bonds is 6. The van der Waals surface area contributed by atoms with E-state index in [1.807, 2.05) is 0 Å². The average molecular weight is 420 g/mol. The van der Waals surface area contributed by atoms with Crippen LogP contribution in [-0.2, 0) is 4.74 Å². The topological polar surface area (TPSA) is 149 Å². The molecule has 0 spiro atoms. The van der Waals surface area contributed by atoms with Crippen LogP contribution < -0.4 is 9.47 Å². The Hall–Kier alpha value is -2.82. The summed E-state index contributed by atoms with van der Waals surface area (Å²) in [4.78, 5) is 0. The molecule has 30 heavy (non-hydrogen) atoms. The lowest BCUT2D eigenvalue weighted by atomic mass is 9.99. The number of methoxy groups -OCH3 is 1. The van der Waals surface area contributed by atoms with E-state index in [2.05, 4.69) is 0 Å². The fourth-order valence-electron chi connectivity index (χ4n) is 3.09. The van der Waals surface area contributed by atoms with Gasteiger partial charge in [-0.2, -0.15) is 0 Å². The Balaban J connectivity index is 1.83. The van der Waals surface area contributed by atoms with E-state index in [4.69, 9.17) is 14.2 Å². The zero-order valence-corrected chi connectivity index (χ0v) is 16.1. The van der Waals surface area contributed by atoms with Crippen molar-refractivity contribution in [2.24, 2.45) is 0 Å². The molecule has 0 unspecified atom stereocenters. The number of hydrogen-bond acceptors (Lipinski definition) is 9. The van der Waals surface area contributed by atoms with E-state index in [-0.39, 0.29) is 17.2 Å². The first kappa shape index (κ1) is 21.9. The monoisotopic (exact) mass is 420 g/mol. The lowest BCUT2D eigenvalue weighted by molar-refractivity contribution is -0.277. The Morgan fingerprint density at radius 3 is 2.17 bits per heavy atom. The molecule has 9 nitrogen and oxygen atoms in total. The maximum Gasteiger partial charge on any atom is 0.229 e. The van der Waals surface area contributed by atoms with Crippen LogP contribution in [0.4, 0.5) is 0 Å². The second kappa shape index (κ2) is 9.33. The van der Waals surface area contributed by atoms with Gasteiger partial charge in [0.2, 0.25) is 6.29 Å². The van der Waals surface area contributed by atoms with E-state index >= 15 is 0 Å². The first-order chi connectivity index (χ1) is 14.3. The van der Waals surface area contributed by atoms with Crippen LogP contribution in [0, 0.1) is 0 Å². The second-order valence-electron chi connectivity index (χ2n) is 6.84. The third kappa shape index (κ3) is 4.84. The number of hydrogen-bond donors (Lipinski definition) is 6. The SMILES string of the molecule is COc1ccc(/C=C\c2cc(O)cc(O)c2)cc1O[C@@H]1O[C@H](CO)[C@@H](O)[C@H](O)[C@H]1O. The molecule has 2 aromatic rings. The molecule has 3 rings (SSSR count). The predicted octanol–water partition coefficient (Wildman–Crippen LogP) is 0.456. The fourth-order valence-corrected chi connectivity index (χ4v) is 3.09. The number of aliphatic hydroxyl groups excluding tert-OH is 4. The molecule has 162 valence electrons. The largest absolute Gasteiger partial charge is 0.508 e. The van der Waals surface area contributed by atoms with Crippen molar-refractivity contribution in [3.05, 3.63) is 47.5 Å². The molecule has 0 bridgehead atoms. The van der Waals surface area contributed by atoms with E-state index in [9.17, 15) is 30.6 Å². The molecule has 2 aromatic carbocycles. The molecule has 6 N–H and O–H groups in total. The number of ether oxygens (including phenoxy) is 3. The van der Waals surface area contributed by atoms with Crippen molar-refractivity contribution in [2.75, 3.05) is 13.7 Å². The summed E-state index contributed by atoms with van der Waals surface area (Å²) in [6.45, 7) is -0.568. The number of phenolic OH excluding ortho intramolecular Hbond substituents is 2. The normalized spacial score (nSPS) is 26.6. The van der Waals surface area contributed by atoms with Gasteiger partial charge in [-0.1, -0.05) is 18.2 Å². The molecule has 0 aromatic heterocycles. The predicted molar refractivity (Wildman–Crippen MR) is 106 cm³/mol. The summed E-state index contributed by atoms with van der Waals surface area (Å²) in [7, 11) is 1.43. The number of aliphatic hydroxyl groups is 4. The molecule has 5 atom stereocenters. The molecule has 0 amide bonds. The van der Waals surface area contributed by atoms with Gasteiger partial charge in [0.25, 0.3) is 0 Å². The second-order valence-corrected chi connectivity index (χ2v) is 6.84. The van der Waals surface area contributed by atoms with Crippen molar-refractivity contribution in [1.29, 1.82) is 0 Å². The Labute approximate surface area is 172 Å². The van der Waals surface area contributed by atoms with Gasteiger partial charge in [0.1, 0.15) is 35.9 Å². The van der Waals surface area contributed by atoms with Crippen LogP contribution in [0.5, 0.6) is 23.0 Å². The molecule has 0 saturated carbocycles.